The molecule has 1 aromatic carbocycles. The zero-order valence-electron chi connectivity index (χ0n) is 19.1. The maximum absolute atomic E-state index is 14.9. The normalized spacial score (nSPS) is 29.6. The number of allylic oxidation sites excluding steroid dienone is 5. The Labute approximate surface area is 186 Å². The number of aryl methyl sites for hydroxylation is 2. The second-order valence-electron chi connectivity index (χ2n) is 8.90. The Balaban J connectivity index is 1.51. The fourth-order valence-corrected chi connectivity index (χ4v) is 4.61. The second kappa shape index (κ2) is 11.5. The molecule has 1 aliphatic heterocycles. The van der Waals surface area contributed by atoms with Crippen LogP contribution < -0.4 is 5.32 Å². The van der Waals surface area contributed by atoms with E-state index in [9.17, 15) is 8.78 Å². The first-order valence-electron chi connectivity index (χ1n) is 11.7. The van der Waals surface area contributed by atoms with Gasteiger partial charge in [0.15, 0.2) is 0 Å². The van der Waals surface area contributed by atoms with E-state index in [1.165, 1.54) is 5.57 Å². The highest BCUT2D eigenvalue weighted by Gasteiger charge is 2.30. The summed E-state index contributed by atoms with van der Waals surface area (Å²) in [6, 6.07) is 3.33. The molecule has 0 radical (unpaired) electrons. The lowest BCUT2D eigenvalue weighted by Crippen LogP contribution is -2.41. The topological polar surface area (TPSA) is 24.4 Å². The number of rotatable bonds is 7. The van der Waals surface area contributed by atoms with Gasteiger partial charge in [-0.25, -0.2) is 8.78 Å². The Hall–Kier alpha value is -2.07. The lowest BCUT2D eigenvalue weighted by molar-refractivity contribution is 0.143. The van der Waals surface area contributed by atoms with Gasteiger partial charge >= 0.3 is 0 Å². The van der Waals surface area contributed by atoms with Gasteiger partial charge in [-0.05, 0) is 87.5 Å². The third-order valence-corrected chi connectivity index (χ3v) is 6.69. The van der Waals surface area contributed by atoms with Gasteiger partial charge in [0.25, 0.3) is 0 Å². The Morgan fingerprint density at radius 1 is 1.13 bits per heavy atom. The Bertz CT molecular complexity index is 866. The Morgan fingerprint density at radius 3 is 2.74 bits per heavy atom. The average Bonchev–Trinajstić information content (AvgIpc) is 2.85. The van der Waals surface area contributed by atoms with Crippen molar-refractivity contribution in [1.29, 1.82) is 0 Å². The van der Waals surface area contributed by atoms with Crippen molar-refractivity contribution in [3.05, 3.63) is 70.7 Å². The number of nitrogens with one attached hydrogen (secondary N) is 1. The van der Waals surface area contributed by atoms with Crippen molar-refractivity contribution in [1.82, 2.24) is 5.32 Å². The minimum Gasteiger partial charge on any atom is -0.307 e. The summed E-state index contributed by atoms with van der Waals surface area (Å²) in [4.78, 5) is 4.51. The van der Waals surface area contributed by atoms with Crippen molar-refractivity contribution in [2.75, 3.05) is 0 Å². The van der Waals surface area contributed by atoms with Gasteiger partial charge in [0.2, 0.25) is 0 Å². The van der Waals surface area contributed by atoms with Crippen LogP contribution in [0.15, 0.2) is 53.2 Å². The van der Waals surface area contributed by atoms with Crippen molar-refractivity contribution in [2.45, 2.75) is 84.5 Å². The molecule has 0 bridgehead atoms. The molecule has 1 heterocycles. The summed E-state index contributed by atoms with van der Waals surface area (Å²) in [5, 5.41) is 3.29. The monoisotopic (exact) mass is 426 g/mol. The number of benzene rings is 1. The largest absolute Gasteiger partial charge is 0.307 e. The van der Waals surface area contributed by atoms with Gasteiger partial charge in [0.1, 0.15) is 12.0 Å². The highest BCUT2D eigenvalue weighted by molar-refractivity contribution is 5.98. The molecule has 1 fully saturated rings. The fourth-order valence-electron chi connectivity index (χ4n) is 4.61. The van der Waals surface area contributed by atoms with Crippen molar-refractivity contribution in [3.63, 3.8) is 0 Å². The molecular weight excluding hydrogens is 390 g/mol. The summed E-state index contributed by atoms with van der Waals surface area (Å²) >= 11 is 0. The van der Waals surface area contributed by atoms with Crippen LogP contribution in [0.3, 0.4) is 0 Å². The SMILES string of the molecule is CCc1cc(CN[C@@H]2CC[C@@H](CCC3=C/C=C\C/C=C\N=C\3C)C[C@@H]2F)c(F)cc1C. The minimum absolute atomic E-state index is 0.192. The van der Waals surface area contributed by atoms with Crippen LogP contribution in [0.4, 0.5) is 8.78 Å². The molecular formula is C27H36F2N2. The molecule has 4 heteroatoms. The molecule has 1 aliphatic carbocycles. The molecule has 0 aromatic heterocycles. The van der Waals surface area contributed by atoms with Gasteiger partial charge in [-0.2, -0.15) is 0 Å². The molecule has 0 amide bonds. The third kappa shape index (κ3) is 6.70. The van der Waals surface area contributed by atoms with Crippen LogP contribution in [0.5, 0.6) is 0 Å². The molecule has 31 heavy (non-hydrogen) atoms. The molecule has 2 aliphatic rings. The zero-order chi connectivity index (χ0) is 22.2. The molecule has 1 N–H and O–H groups in total. The number of halogens is 2. The number of alkyl halides is 1. The standard InChI is InChI=1S/C27H36F2N2/c1-4-22-17-24(25(28)15-19(22)2)18-31-27-13-11-21(16-26(27)29)10-12-23-9-7-5-6-8-14-30-20(23)3/h5,7-9,14-15,17,21,26-27,31H,4,6,10-13,16,18H2,1-3H3/b7-5-,14-8-,23-9-,30-20+/t21-,26+,27-/m1/s1. The summed E-state index contributed by atoms with van der Waals surface area (Å²) in [6.45, 7) is 6.44. The van der Waals surface area contributed by atoms with E-state index in [-0.39, 0.29) is 11.9 Å². The first-order valence-corrected chi connectivity index (χ1v) is 11.7. The quantitative estimate of drug-likeness (QED) is 0.502. The van der Waals surface area contributed by atoms with Gasteiger partial charge in [-0.15, -0.1) is 0 Å². The molecule has 0 unspecified atom stereocenters. The van der Waals surface area contributed by atoms with E-state index >= 15 is 0 Å². The van der Waals surface area contributed by atoms with Gasteiger partial charge in [0, 0.05) is 30.1 Å². The zero-order valence-corrected chi connectivity index (χ0v) is 19.1. The van der Waals surface area contributed by atoms with Gasteiger partial charge in [-0.3, -0.25) is 4.99 Å². The van der Waals surface area contributed by atoms with E-state index in [0.29, 0.717) is 24.4 Å². The maximum Gasteiger partial charge on any atom is 0.127 e. The number of hydrogen-bond acceptors (Lipinski definition) is 2. The van der Waals surface area contributed by atoms with E-state index in [2.05, 4.69) is 35.5 Å². The van der Waals surface area contributed by atoms with E-state index in [4.69, 9.17) is 0 Å². The number of aliphatic imine (C=N–C) groups is 1. The minimum atomic E-state index is -0.884. The molecule has 3 atom stereocenters. The van der Waals surface area contributed by atoms with Crippen LogP contribution in [0.1, 0.15) is 69.1 Å². The summed E-state index contributed by atoms with van der Waals surface area (Å²) in [6.07, 6.45) is 15.5. The summed E-state index contributed by atoms with van der Waals surface area (Å²) in [7, 11) is 0. The molecule has 0 spiro atoms. The van der Waals surface area contributed by atoms with Crippen LogP contribution in [-0.4, -0.2) is 17.9 Å². The smallest absolute Gasteiger partial charge is 0.127 e. The number of nitrogens with zero attached hydrogens (tertiary/aromatic N) is 1. The second-order valence-corrected chi connectivity index (χ2v) is 8.90. The van der Waals surface area contributed by atoms with E-state index in [1.54, 1.807) is 6.07 Å². The van der Waals surface area contributed by atoms with Gasteiger partial charge in [0.05, 0.1) is 0 Å². The molecule has 168 valence electrons. The first-order chi connectivity index (χ1) is 15.0. The lowest BCUT2D eigenvalue weighted by atomic mass is 9.81. The molecule has 1 saturated carbocycles. The molecule has 2 nitrogen and oxygen atoms in total. The molecule has 1 aromatic rings. The molecule has 3 rings (SSSR count). The lowest BCUT2D eigenvalue weighted by Gasteiger charge is -2.32. The highest BCUT2D eigenvalue weighted by Crippen LogP contribution is 2.31. The van der Waals surface area contributed by atoms with Crippen molar-refractivity contribution in [2.24, 2.45) is 10.9 Å². The first kappa shape index (κ1) is 23.6. The predicted molar refractivity (Wildman–Crippen MR) is 127 cm³/mol. The van der Waals surface area contributed by atoms with Gasteiger partial charge in [-0.1, -0.05) is 37.3 Å². The Morgan fingerprint density at radius 2 is 1.97 bits per heavy atom. The van der Waals surface area contributed by atoms with Crippen LogP contribution in [0.2, 0.25) is 0 Å². The average molecular weight is 427 g/mol. The van der Waals surface area contributed by atoms with Crippen LogP contribution in [-0.2, 0) is 13.0 Å². The molecule has 0 saturated heterocycles. The van der Waals surface area contributed by atoms with Crippen molar-refractivity contribution < 1.29 is 8.78 Å². The van der Waals surface area contributed by atoms with Gasteiger partial charge < -0.3 is 5.32 Å². The Kier molecular flexibility index (Phi) is 8.77. The maximum atomic E-state index is 14.9. The summed E-state index contributed by atoms with van der Waals surface area (Å²) in [5.41, 5.74) is 5.05. The third-order valence-electron chi connectivity index (χ3n) is 6.69. The van der Waals surface area contributed by atoms with Crippen LogP contribution >= 0.6 is 0 Å². The predicted octanol–water partition coefficient (Wildman–Crippen LogP) is 6.93. The van der Waals surface area contributed by atoms with E-state index in [0.717, 1.165) is 55.4 Å². The number of hydrogen-bond donors (Lipinski definition) is 1. The van der Waals surface area contributed by atoms with E-state index in [1.807, 2.05) is 32.2 Å². The van der Waals surface area contributed by atoms with Crippen molar-refractivity contribution >= 4 is 5.71 Å². The van der Waals surface area contributed by atoms with Crippen molar-refractivity contribution in [3.8, 4) is 0 Å². The fraction of sp³-hybridized carbons (Fsp3) is 0.519. The summed E-state index contributed by atoms with van der Waals surface area (Å²) < 4.78 is 29.2. The summed E-state index contributed by atoms with van der Waals surface area (Å²) in [5.74, 6) is 0.187. The van der Waals surface area contributed by atoms with Crippen LogP contribution in [0, 0.1) is 18.7 Å². The van der Waals surface area contributed by atoms with Crippen LogP contribution in [0.25, 0.3) is 0 Å². The van der Waals surface area contributed by atoms with E-state index < -0.39 is 6.17 Å². The highest BCUT2D eigenvalue weighted by atomic mass is 19.1.